The summed E-state index contributed by atoms with van der Waals surface area (Å²) in [5.41, 5.74) is -0.697. The molecule has 7 heteroatoms. The highest BCUT2D eigenvalue weighted by Gasteiger charge is 2.24. The monoisotopic (exact) mass is 301 g/mol. The average Bonchev–Trinajstić information content (AvgIpc) is 2.25. The molecule has 0 amide bonds. The van der Waals surface area contributed by atoms with Crippen molar-refractivity contribution in [2.45, 2.75) is 38.1 Å². The molecule has 0 radical (unpaired) electrons. The van der Waals surface area contributed by atoms with Gasteiger partial charge in [0.25, 0.3) is 0 Å². The van der Waals surface area contributed by atoms with Crippen molar-refractivity contribution in [1.82, 2.24) is 4.72 Å². The molecule has 1 aromatic carbocycles. The molecular weight excluding hydrogens is 282 g/mol. The van der Waals surface area contributed by atoms with E-state index in [2.05, 4.69) is 4.72 Å². The van der Waals surface area contributed by atoms with Crippen LogP contribution in [0.15, 0.2) is 23.1 Å². The van der Waals surface area contributed by atoms with Gasteiger partial charge in [-0.25, -0.2) is 17.9 Å². The van der Waals surface area contributed by atoms with Crippen LogP contribution >= 0.6 is 0 Å². The number of carboxylic acids is 1. The summed E-state index contributed by atoms with van der Waals surface area (Å²) in [7, 11) is -3.72. The van der Waals surface area contributed by atoms with Gasteiger partial charge in [0, 0.05) is 11.6 Å². The quantitative estimate of drug-likeness (QED) is 0.866. The lowest BCUT2D eigenvalue weighted by Gasteiger charge is -2.20. The summed E-state index contributed by atoms with van der Waals surface area (Å²) in [6.45, 7) is 7.11. The van der Waals surface area contributed by atoms with Gasteiger partial charge in [0.15, 0.2) is 0 Å². The van der Waals surface area contributed by atoms with Crippen molar-refractivity contribution >= 4 is 16.0 Å². The number of aromatic carboxylic acids is 1. The van der Waals surface area contributed by atoms with Crippen LogP contribution in [0.25, 0.3) is 0 Å². The van der Waals surface area contributed by atoms with E-state index in [1.165, 1.54) is 18.2 Å². The van der Waals surface area contributed by atoms with Crippen LogP contribution < -0.4 is 9.46 Å². The number of carboxylic acid groups (broad SMARTS) is 1. The second kappa shape index (κ2) is 5.80. The lowest BCUT2D eigenvalue weighted by atomic mass is 10.1. The summed E-state index contributed by atoms with van der Waals surface area (Å²) >= 11 is 0. The maximum Gasteiger partial charge on any atom is 0.339 e. The van der Waals surface area contributed by atoms with Crippen molar-refractivity contribution in [2.24, 2.45) is 0 Å². The van der Waals surface area contributed by atoms with Crippen LogP contribution in [0.3, 0.4) is 0 Å². The zero-order valence-electron chi connectivity index (χ0n) is 11.9. The number of ether oxygens (including phenoxy) is 1. The maximum atomic E-state index is 12.2. The summed E-state index contributed by atoms with van der Waals surface area (Å²) in [5.74, 6) is -1.13. The van der Waals surface area contributed by atoms with Gasteiger partial charge in [-0.1, -0.05) is 0 Å². The largest absolute Gasteiger partial charge is 0.493 e. The zero-order valence-corrected chi connectivity index (χ0v) is 12.7. The SMILES string of the molecule is CCOc1cc(S(=O)(=O)NC(C)(C)C)ccc1C(=O)O. The van der Waals surface area contributed by atoms with Crippen LogP contribution in [-0.4, -0.2) is 31.6 Å². The molecule has 0 aromatic heterocycles. The third kappa shape index (κ3) is 4.21. The van der Waals surface area contributed by atoms with Gasteiger partial charge < -0.3 is 9.84 Å². The van der Waals surface area contributed by atoms with Gasteiger partial charge in [-0.3, -0.25) is 0 Å². The van der Waals surface area contributed by atoms with Crippen molar-refractivity contribution in [3.8, 4) is 5.75 Å². The molecule has 0 aliphatic rings. The maximum absolute atomic E-state index is 12.2. The van der Waals surface area contributed by atoms with Crippen LogP contribution in [0.1, 0.15) is 38.1 Å². The molecule has 1 rings (SSSR count). The Morgan fingerprint density at radius 3 is 2.40 bits per heavy atom. The molecule has 0 saturated carbocycles. The number of rotatable bonds is 5. The molecule has 1 aromatic rings. The van der Waals surface area contributed by atoms with E-state index in [1.807, 2.05) is 0 Å². The Morgan fingerprint density at radius 1 is 1.35 bits per heavy atom. The average molecular weight is 301 g/mol. The Bertz CT molecular complexity index is 602. The Kier molecular flexibility index (Phi) is 4.77. The molecule has 0 unspecified atom stereocenters. The van der Waals surface area contributed by atoms with E-state index in [4.69, 9.17) is 9.84 Å². The van der Waals surface area contributed by atoms with Crippen LogP contribution in [0.2, 0.25) is 0 Å². The fourth-order valence-corrected chi connectivity index (χ4v) is 3.02. The van der Waals surface area contributed by atoms with Crippen molar-refractivity contribution in [2.75, 3.05) is 6.61 Å². The number of benzene rings is 1. The zero-order chi connectivity index (χ0) is 15.6. The molecule has 0 aliphatic heterocycles. The molecule has 0 bridgehead atoms. The molecule has 2 N–H and O–H groups in total. The molecule has 112 valence electrons. The molecule has 0 heterocycles. The van der Waals surface area contributed by atoms with Crippen molar-refractivity contribution < 1.29 is 23.1 Å². The van der Waals surface area contributed by atoms with Gasteiger partial charge in [0.05, 0.1) is 11.5 Å². The first-order valence-corrected chi connectivity index (χ1v) is 7.59. The first-order chi connectivity index (χ1) is 9.07. The lowest BCUT2D eigenvalue weighted by molar-refractivity contribution is 0.0692. The van der Waals surface area contributed by atoms with Gasteiger partial charge in [0.2, 0.25) is 10.0 Å². The minimum atomic E-state index is -3.72. The second-order valence-corrected chi connectivity index (χ2v) is 6.93. The van der Waals surface area contributed by atoms with Crippen LogP contribution in [0, 0.1) is 0 Å². The van der Waals surface area contributed by atoms with Gasteiger partial charge in [-0.05, 0) is 39.8 Å². The van der Waals surface area contributed by atoms with Crippen LogP contribution in [0.4, 0.5) is 0 Å². The number of hydrogen-bond acceptors (Lipinski definition) is 4. The highest BCUT2D eigenvalue weighted by molar-refractivity contribution is 7.89. The number of sulfonamides is 1. The minimum Gasteiger partial charge on any atom is -0.493 e. The number of hydrogen-bond donors (Lipinski definition) is 2. The normalized spacial score (nSPS) is 12.2. The molecule has 0 atom stereocenters. The number of carbonyl (C=O) groups is 1. The van der Waals surface area contributed by atoms with Crippen LogP contribution in [-0.2, 0) is 10.0 Å². The van der Waals surface area contributed by atoms with E-state index >= 15 is 0 Å². The molecule has 0 spiro atoms. The Morgan fingerprint density at radius 2 is 1.95 bits per heavy atom. The third-order valence-electron chi connectivity index (χ3n) is 2.23. The van der Waals surface area contributed by atoms with Crippen molar-refractivity contribution in [1.29, 1.82) is 0 Å². The standard InChI is InChI=1S/C13H19NO5S/c1-5-19-11-8-9(6-7-10(11)12(15)16)20(17,18)14-13(2,3)4/h6-8,14H,5H2,1-4H3,(H,15,16). The smallest absolute Gasteiger partial charge is 0.339 e. The highest BCUT2D eigenvalue weighted by Crippen LogP contribution is 2.24. The van der Waals surface area contributed by atoms with E-state index in [0.717, 1.165) is 0 Å². The molecule has 20 heavy (non-hydrogen) atoms. The van der Waals surface area contributed by atoms with Gasteiger partial charge in [-0.15, -0.1) is 0 Å². The molecular formula is C13H19NO5S. The molecule has 0 aliphatic carbocycles. The predicted molar refractivity (Wildman–Crippen MR) is 74.6 cm³/mol. The van der Waals surface area contributed by atoms with E-state index < -0.39 is 21.5 Å². The van der Waals surface area contributed by atoms with Gasteiger partial charge >= 0.3 is 5.97 Å². The summed E-state index contributed by atoms with van der Waals surface area (Å²) in [6.07, 6.45) is 0. The van der Waals surface area contributed by atoms with Gasteiger partial charge in [-0.2, -0.15) is 0 Å². The highest BCUT2D eigenvalue weighted by atomic mass is 32.2. The van der Waals surface area contributed by atoms with Gasteiger partial charge in [0.1, 0.15) is 11.3 Å². The summed E-state index contributed by atoms with van der Waals surface area (Å²) in [6, 6.07) is 3.70. The fraction of sp³-hybridized carbons (Fsp3) is 0.462. The fourth-order valence-electron chi connectivity index (χ4n) is 1.58. The molecule has 0 saturated heterocycles. The summed E-state index contributed by atoms with van der Waals surface area (Å²) in [4.78, 5) is 11.0. The lowest BCUT2D eigenvalue weighted by Crippen LogP contribution is -2.40. The topological polar surface area (TPSA) is 92.7 Å². The first kappa shape index (κ1) is 16.5. The summed E-state index contributed by atoms with van der Waals surface area (Å²) in [5, 5.41) is 9.03. The Balaban J connectivity index is 3.27. The third-order valence-corrected chi connectivity index (χ3v) is 3.99. The summed E-state index contributed by atoms with van der Waals surface area (Å²) < 4.78 is 32.0. The van der Waals surface area contributed by atoms with E-state index in [9.17, 15) is 13.2 Å². The Labute approximate surface area is 118 Å². The molecule has 0 fully saturated rings. The second-order valence-electron chi connectivity index (χ2n) is 5.25. The van der Waals surface area contributed by atoms with E-state index in [0.29, 0.717) is 0 Å². The van der Waals surface area contributed by atoms with E-state index in [-0.39, 0.29) is 22.8 Å². The number of nitrogens with one attached hydrogen (secondary N) is 1. The first-order valence-electron chi connectivity index (χ1n) is 6.11. The minimum absolute atomic E-state index is 0.0270. The van der Waals surface area contributed by atoms with Crippen molar-refractivity contribution in [3.05, 3.63) is 23.8 Å². The molecule has 6 nitrogen and oxygen atoms in total. The Hall–Kier alpha value is -1.60. The van der Waals surface area contributed by atoms with E-state index in [1.54, 1.807) is 27.7 Å². The van der Waals surface area contributed by atoms with Crippen molar-refractivity contribution in [3.63, 3.8) is 0 Å². The van der Waals surface area contributed by atoms with Crippen LogP contribution in [0.5, 0.6) is 5.75 Å². The predicted octanol–water partition coefficient (Wildman–Crippen LogP) is 1.86.